The molecule has 1 N–H and O–H groups in total. The molecule has 0 aliphatic carbocycles. The topological polar surface area (TPSA) is 30.5 Å². The zero-order chi connectivity index (χ0) is 15.2. The zero-order valence-corrected chi connectivity index (χ0v) is 13.5. The van der Waals surface area contributed by atoms with Crippen molar-refractivity contribution in [1.29, 1.82) is 0 Å². The van der Waals surface area contributed by atoms with E-state index in [4.69, 9.17) is 32.7 Å². The Kier molecular flexibility index (Phi) is 5.74. The Morgan fingerprint density at radius 3 is 2.29 bits per heavy atom. The number of methoxy groups -OCH3 is 2. The Bertz CT molecular complexity index is 597. The fraction of sp³-hybridized carbons (Fsp3) is 0.250. The SMILES string of the molecule is COc1ccc(CNCc2c(Cl)cccc2Cl)c(OC)c1. The lowest BCUT2D eigenvalue weighted by Crippen LogP contribution is -2.14. The Balaban J connectivity index is 2.03. The van der Waals surface area contributed by atoms with Gasteiger partial charge in [0.1, 0.15) is 11.5 Å². The molecule has 0 aliphatic rings. The van der Waals surface area contributed by atoms with Gasteiger partial charge in [0.2, 0.25) is 0 Å². The lowest BCUT2D eigenvalue weighted by atomic mass is 10.1. The van der Waals surface area contributed by atoms with Crippen molar-refractivity contribution < 1.29 is 9.47 Å². The van der Waals surface area contributed by atoms with Crippen LogP contribution in [0.15, 0.2) is 36.4 Å². The van der Waals surface area contributed by atoms with Crippen LogP contribution in [0.5, 0.6) is 11.5 Å². The molecule has 2 aromatic carbocycles. The van der Waals surface area contributed by atoms with E-state index < -0.39 is 0 Å². The molecule has 2 rings (SSSR count). The highest BCUT2D eigenvalue weighted by Crippen LogP contribution is 2.26. The van der Waals surface area contributed by atoms with Crippen LogP contribution in [0.2, 0.25) is 10.0 Å². The molecule has 0 saturated heterocycles. The number of rotatable bonds is 6. The van der Waals surface area contributed by atoms with Crippen molar-refractivity contribution >= 4 is 23.2 Å². The van der Waals surface area contributed by atoms with E-state index in [9.17, 15) is 0 Å². The molecule has 5 heteroatoms. The Morgan fingerprint density at radius 2 is 1.67 bits per heavy atom. The summed E-state index contributed by atoms with van der Waals surface area (Å²) in [4.78, 5) is 0. The van der Waals surface area contributed by atoms with E-state index in [0.717, 1.165) is 22.6 Å². The van der Waals surface area contributed by atoms with Crippen molar-refractivity contribution in [3.8, 4) is 11.5 Å². The van der Waals surface area contributed by atoms with E-state index in [1.807, 2.05) is 36.4 Å². The third-order valence-electron chi connectivity index (χ3n) is 3.17. The van der Waals surface area contributed by atoms with Crippen LogP contribution >= 0.6 is 23.2 Å². The first-order valence-corrected chi connectivity index (χ1v) is 7.25. The molecule has 0 bridgehead atoms. The minimum absolute atomic E-state index is 0.591. The van der Waals surface area contributed by atoms with E-state index in [1.54, 1.807) is 14.2 Å². The highest BCUT2D eigenvalue weighted by molar-refractivity contribution is 6.35. The maximum Gasteiger partial charge on any atom is 0.127 e. The van der Waals surface area contributed by atoms with E-state index in [-0.39, 0.29) is 0 Å². The molecule has 112 valence electrons. The van der Waals surface area contributed by atoms with Crippen LogP contribution < -0.4 is 14.8 Å². The second-order valence-corrected chi connectivity index (χ2v) is 5.30. The summed E-state index contributed by atoms with van der Waals surface area (Å²) >= 11 is 12.3. The van der Waals surface area contributed by atoms with Crippen LogP contribution in [0, 0.1) is 0 Å². The predicted molar refractivity (Wildman–Crippen MR) is 86.6 cm³/mol. The summed E-state index contributed by atoms with van der Waals surface area (Å²) in [6.45, 7) is 1.24. The highest BCUT2D eigenvalue weighted by Gasteiger charge is 2.07. The Labute approximate surface area is 134 Å². The minimum Gasteiger partial charge on any atom is -0.497 e. The van der Waals surface area contributed by atoms with Crippen LogP contribution in [0.1, 0.15) is 11.1 Å². The minimum atomic E-state index is 0.591. The maximum absolute atomic E-state index is 6.14. The van der Waals surface area contributed by atoms with Crippen LogP contribution in [-0.4, -0.2) is 14.2 Å². The summed E-state index contributed by atoms with van der Waals surface area (Å²) in [6, 6.07) is 11.2. The van der Waals surface area contributed by atoms with E-state index >= 15 is 0 Å². The molecule has 2 aromatic rings. The van der Waals surface area contributed by atoms with Crippen LogP contribution in [0.25, 0.3) is 0 Å². The second-order valence-electron chi connectivity index (χ2n) is 4.48. The fourth-order valence-corrected chi connectivity index (χ4v) is 2.55. The largest absolute Gasteiger partial charge is 0.497 e. The van der Waals surface area contributed by atoms with Crippen molar-refractivity contribution in [3.05, 3.63) is 57.6 Å². The van der Waals surface area contributed by atoms with Crippen molar-refractivity contribution in [2.75, 3.05) is 14.2 Å². The Morgan fingerprint density at radius 1 is 0.952 bits per heavy atom. The molecule has 0 spiro atoms. The van der Waals surface area contributed by atoms with E-state index in [1.165, 1.54) is 0 Å². The van der Waals surface area contributed by atoms with Crippen molar-refractivity contribution in [1.82, 2.24) is 5.32 Å². The maximum atomic E-state index is 6.14. The molecule has 0 amide bonds. The van der Waals surface area contributed by atoms with E-state index in [2.05, 4.69) is 5.32 Å². The molecule has 0 heterocycles. The first-order valence-electron chi connectivity index (χ1n) is 6.50. The number of benzene rings is 2. The third-order valence-corrected chi connectivity index (χ3v) is 3.88. The molecule has 0 fully saturated rings. The Hall–Kier alpha value is -1.42. The van der Waals surface area contributed by atoms with Gasteiger partial charge in [0.05, 0.1) is 14.2 Å². The van der Waals surface area contributed by atoms with Gasteiger partial charge in [0.25, 0.3) is 0 Å². The van der Waals surface area contributed by atoms with Gasteiger partial charge >= 0.3 is 0 Å². The van der Waals surface area contributed by atoms with Gasteiger partial charge in [-0.3, -0.25) is 0 Å². The van der Waals surface area contributed by atoms with Crippen LogP contribution in [0.3, 0.4) is 0 Å². The van der Waals surface area contributed by atoms with Crippen LogP contribution in [0.4, 0.5) is 0 Å². The number of hydrogen-bond donors (Lipinski definition) is 1. The summed E-state index contributed by atoms with van der Waals surface area (Å²) < 4.78 is 10.5. The normalized spacial score (nSPS) is 10.5. The van der Waals surface area contributed by atoms with E-state index in [0.29, 0.717) is 23.1 Å². The van der Waals surface area contributed by atoms with Crippen LogP contribution in [-0.2, 0) is 13.1 Å². The van der Waals surface area contributed by atoms with Crippen molar-refractivity contribution in [3.63, 3.8) is 0 Å². The molecular weight excluding hydrogens is 309 g/mol. The van der Waals surface area contributed by atoms with Gasteiger partial charge < -0.3 is 14.8 Å². The molecule has 0 saturated carbocycles. The molecular formula is C16H17Cl2NO2. The summed E-state index contributed by atoms with van der Waals surface area (Å²) in [5.74, 6) is 1.55. The fourth-order valence-electron chi connectivity index (χ4n) is 2.02. The van der Waals surface area contributed by atoms with Gasteiger partial charge in [-0.05, 0) is 18.2 Å². The number of hydrogen-bond acceptors (Lipinski definition) is 3. The number of halogens is 2. The third kappa shape index (κ3) is 4.03. The average molecular weight is 326 g/mol. The van der Waals surface area contributed by atoms with Crippen molar-refractivity contribution in [2.24, 2.45) is 0 Å². The summed E-state index contributed by atoms with van der Waals surface area (Å²) in [7, 11) is 3.27. The monoisotopic (exact) mass is 325 g/mol. The summed E-state index contributed by atoms with van der Waals surface area (Å²) in [5, 5.41) is 4.65. The summed E-state index contributed by atoms with van der Waals surface area (Å²) in [6.07, 6.45) is 0. The van der Waals surface area contributed by atoms with Crippen molar-refractivity contribution in [2.45, 2.75) is 13.1 Å². The van der Waals surface area contributed by atoms with Gasteiger partial charge in [-0.25, -0.2) is 0 Å². The first kappa shape index (κ1) is 16.0. The smallest absolute Gasteiger partial charge is 0.127 e. The van der Waals surface area contributed by atoms with Gasteiger partial charge in [-0.2, -0.15) is 0 Å². The number of nitrogens with one attached hydrogen (secondary N) is 1. The molecule has 0 atom stereocenters. The van der Waals surface area contributed by atoms with Gasteiger partial charge in [0, 0.05) is 40.3 Å². The molecule has 0 radical (unpaired) electrons. The number of ether oxygens (including phenoxy) is 2. The molecule has 0 unspecified atom stereocenters. The van der Waals surface area contributed by atoms with Gasteiger partial charge in [0.15, 0.2) is 0 Å². The molecule has 0 aliphatic heterocycles. The highest BCUT2D eigenvalue weighted by atomic mass is 35.5. The quantitative estimate of drug-likeness (QED) is 0.858. The lowest BCUT2D eigenvalue weighted by molar-refractivity contribution is 0.390. The van der Waals surface area contributed by atoms with Gasteiger partial charge in [-0.1, -0.05) is 35.3 Å². The summed E-state index contributed by atoms with van der Waals surface area (Å²) in [5.41, 5.74) is 1.94. The first-order chi connectivity index (χ1) is 10.2. The average Bonchev–Trinajstić information content (AvgIpc) is 2.50. The standard InChI is InChI=1S/C16H17Cl2NO2/c1-20-12-7-6-11(16(8-12)21-2)9-19-10-13-14(17)4-3-5-15(13)18/h3-8,19H,9-10H2,1-2H3. The van der Waals surface area contributed by atoms with Gasteiger partial charge in [-0.15, -0.1) is 0 Å². The molecule has 0 aromatic heterocycles. The zero-order valence-electron chi connectivity index (χ0n) is 12.0. The molecule has 21 heavy (non-hydrogen) atoms. The second kappa shape index (κ2) is 7.55. The molecule has 3 nitrogen and oxygen atoms in total. The predicted octanol–water partition coefficient (Wildman–Crippen LogP) is 4.30. The lowest BCUT2D eigenvalue weighted by Gasteiger charge is -2.12.